The van der Waals surface area contributed by atoms with E-state index < -0.39 is 15.9 Å². The van der Waals surface area contributed by atoms with Gasteiger partial charge in [0.05, 0.1) is 23.6 Å². The summed E-state index contributed by atoms with van der Waals surface area (Å²) in [6.45, 7) is -0.166. The van der Waals surface area contributed by atoms with E-state index in [0.717, 1.165) is 11.3 Å². The zero-order valence-electron chi connectivity index (χ0n) is 14.7. The molecule has 0 bridgehead atoms. The van der Waals surface area contributed by atoms with Gasteiger partial charge in [0, 0.05) is 28.9 Å². The van der Waals surface area contributed by atoms with Crippen molar-refractivity contribution in [1.82, 2.24) is 15.1 Å². The van der Waals surface area contributed by atoms with E-state index in [4.69, 9.17) is 16.2 Å². The number of nitrogens with zero attached hydrogens (tertiary/aromatic N) is 2. The lowest BCUT2D eigenvalue weighted by molar-refractivity contribution is -0.120. The normalized spacial score (nSPS) is 11.4. The van der Waals surface area contributed by atoms with Crippen molar-refractivity contribution in [3.63, 3.8) is 0 Å². The zero-order chi connectivity index (χ0) is 20.1. The molecule has 1 aromatic heterocycles. The summed E-state index contributed by atoms with van der Waals surface area (Å²) in [5.74, 6) is -0.905. The van der Waals surface area contributed by atoms with Gasteiger partial charge in [-0.25, -0.2) is 4.68 Å². The summed E-state index contributed by atoms with van der Waals surface area (Å²) >= 11 is 5.96. The zero-order valence-corrected chi connectivity index (χ0v) is 16.3. The van der Waals surface area contributed by atoms with Crippen LogP contribution in [0.1, 0.15) is 5.56 Å². The number of carbonyl (C=O) groups is 1. The van der Waals surface area contributed by atoms with Gasteiger partial charge in [-0.3, -0.25) is 9.35 Å². The third kappa shape index (κ3) is 5.41. The molecule has 0 spiro atoms. The Hall–Kier alpha value is -2.68. The molecule has 146 valence electrons. The molecule has 3 rings (SSSR count). The number of hydrogen-bond donors (Lipinski definition) is 2. The second-order valence-corrected chi connectivity index (χ2v) is 8.11. The van der Waals surface area contributed by atoms with Crippen molar-refractivity contribution in [3.8, 4) is 16.9 Å². The van der Waals surface area contributed by atoms with Crippen LogP contribution >= 0.6 is 11.6 Å². The predicted octanol–water partition coefficient (Wildman–Crippen LogP) is 2.74. The highest BCUT2D eigenvalue weighted by Gasteiger charge is 2.16. The molecule has 2 N–H and O–H groups in total. The Morgan fingerprint density at radius 3 is 2.43 bits per heavy atom. The van der Waals surface area contributed by atoms with Crippen molar-refractivity contribution in [1.29, 1.82) is 0 Å². The molecule has 0 unspecified atom stereocenters. The standard InChI is InChI=1S/C19H18ClN3O4S/c20-16-8-6-14(7-9-16)19-15(12-18(24)21-10-11-28(25,26)27)13-23(22-19)17-4-2-1-3-5-17/h1-9,13H,10-12H2,(H,21,24)(H,25,26,27). The van der Waals surface area contributed by atoms with Gasteiger partial charge in [-0.05, 0) is 24.3 Å². The van der Waals surface area contributed by atoms with Crippen LogP contribution in [-0.4, -0.2) is 41.0 Å². The third-order valence-corrected chi connectivity index (χ3v) is 4.93. The van der Waals surface area contributed by atoms with E-state index in [-0.39, 0.29) is 18.9 Å². The Morgan fingerprint density at radius 1 is 1.11 bits per heavy atom. The van der Waals surface area contributed by atoms with Crippen LogP contribution in [0.2, 0.25) is 5.02 Å². The van der Waals surface area contributed by atoms with Crippen molar-refractivity contribution in [2.24, 2.45) is 0 Å². The smallest absolute Gasteiger partial charge is 0.266 e. The van der Waals surface area contributed by atoms with Crippen LogP contribution in [-0.2, 0) is 21.3 Å². The highest BCUT2D eigenvalue weighted by molar-refractivity contribution is 7.85. The molecular formula is C19H18ClN3O4S. The summed E-state index contributed by atoms with van der Waals surface area (Å²) in [5.41, 5.74) is 2.96. The Balaban J connectivity index is 1.86. The fourth-order valence-electron chi connectivity index (χ4n) is 2.66. The van der Waals surface area contributed by atoms with E-state index in [0.29, 0.717) is 16.3 Å². The molecule has 0 saturated carbocycles. The van der Waals surface area contributed by atoms with Gasteiger partial charge in [-0.1, -0.05) is 41.9 Å². The lowest BCUT2D eigenvalue weighted by atomic mass is 10.1. The van der Waals surface area contributed by atoms with Gasteiger partial charge in [0.25, 0.3) is 10.1 Å². The van der Waals surface area contributed by atoms with Gasteiger partial charge in [0.2, 0.25) is 5.91 Å². The maximum Gasteiger partial charge on any atom is 0.266 e. The molecule has 28 heavy (non-hydrogen) atoms. The Bertz CT molecular complexity index is 1060. The lowest BCUT2D eigenvalue weighted by Crippen LogP contribution is -2.30. The van der Waals surface area contributed by atoms with E-state index in [1.807, 2.05) is 42.5 Å². The molecule has 0 radical (unpaired) electrons. The van der Waals surface area contributed by atoms with Crippen molar-refractivity contribution in [2.75, 3.05) is 12.3 Å². The first-order valence-corrected chi connectivity index (χ1v) is 10.4. The first-order chi connectivity index (χ1) is 13.3. The summed E-state index contributed by atoms with van der Waals surface area (Å²) < 4.78 is 32.0. The summed E-state index contributed by atoms with van der Waals surface area (Å²) in [5, 5.41) is 7.69. The minimum atomic E-state index is -4.12. The molecule has 1 amide bonds. The number of halogens is 1. The lowest BCUT2D eigenvalue weighted by Gasteiger charge is -2.05. The van der Waals surface area contributed by atoms with Crippen LogP contribution in [0.15, 0.2) is 60.8 Å². The first-order valence-electron chi connectivity index (χ1n) is 8.43. The van der Waals surface area contributed by atoms with E-state index in [1.54, 1.807) is 23.0 Å². The number of rotatable bonds is 7. The average Bonchev–Trinajstić information content (AvgIpc) is 3.06. The monoisotopic (exact) mass is 419 g/mol. The number of amides is 1. The summed E-state index contributed by atoms with van der Waals surface area (Å²) in [6, 6.07) is 16.6. The van der Waals surface area contributed by atoms with E-state index >= 15 is 0 Å². The topological polar surface area (TPSA) is 101 Å². The van der Waals surface area contributed by atoms with Crippen molar-refractivity contribution < 1.29 is 17.8 Å². The fourth-order valence-corrected chi connectivity index (χ4v) is 3.14. The van der Waals surface area contributed by atoms with Crippen LogP contribution in [0.3, 0.4) is 0 Å². The summed E-state index contributed by atoms with van der Waals surface area (Å²) in [7, 11) is -4.12. The van der Waals surface area contributed by atoms with Crippen LogP contribution in [0.4, 0.5) is 0 Å². The number of benzene rings is 2. The van der Waals surface area contributed by atoms with E-state index in [9.17, 15) is 13.2 Å². The molecular weight excluding hydrogens is 402 g/mol. The Labute approximate surface area is 167 Å². The van der Waals surface area contributed by atoms with Gasteiger partial charge >= 0.3 is 0 Å². The highest BCUT2D eigenvalue weighted by Crippen LogP contribution is 2.25. The van der Waals surface area contributed by atoms with Gasteiger partial charge in [-0.2, -0.15) is 13.5 Å². The molecule has 0 aliphatic rings. The SMILES string of the molecule is O=C(Cc1cn(-c2ccccc2)nc1-c1ccc(Cl)cc1)NCCS(=O)(=O)O. The van der Waals surface area contributed by atoms with Crippen LogP contribution in [0.5, 0.6) is 0 Å². The van der Waals surface area contributed by atoms with Crippen molar-refractivity contribution in [2.45, 2.75) is 6.42 Å². The summed E-state index contributed by atoms with van der Waals surface area (Å²) in [4.78, 5) is 12.2. The Kier molecular flexibility index (Phi) is 6.13. The van der Waals surface area contributed by atoms with Crippen molar-refractivity contribution >= 4 is 27.6 Å². The molecule has 0 aliphatic carbocycles. The molecule has 1 heterocycles. The number of carbonyl (C=O) groups excluding carboxylic acids is 1. The van der Waals surface area contributed by atoms with Gasteiger partial charge in [-0.15, -0.1) is 0 Å². The second kappa shape index (κ2) is 8.55. The first kappa shape index (κ1) is 20.1. The molecule has 0 atom stereocenters. The largest absolute Gasteiger partial charge is 0.355 e. The van der Waals surface area contributed by atoms with Crippen LogP contribution < -0.4 is 5.32 Å². The minimum absolute atomic E-state index is 0.0102. The number of hydrogen-bond acceptors (Lipinski definition) is 4. The third-order valence-electron chi connectivity index (χ3n) is 3.96. The highest BCUT2D eigenvalue weighted by atomic mass is 35.5. The van der Waals surface area contributed by atoms with Crippen LogP contribution in [0, 0.1) is 0 Å². The van der Waals surface area contributed by atoms with Crippen molar-refractivity contribution in [3.05, 3.63) is 71.4 Å². The molecule has 7 nitrogen and oxygen atoms in total. The molecule has 0 saturated heterocycles. The molecule has 0 aliphatic heterocycles. The molecule has 9 heteroatoms. The maximum atomic E-state index is 12.2. The molecule has 3 aromatic rings. The number of para-hydroxylation sites is 1. The summed E-state index contributed by atoms with van der Waals surface area (Å²) in [6.07, 6.45) is 1.78. The van der Waals surface area contributed by atoms with E-state index in [1.165, 1.54) is 0 Å². The number of aromatic nitrogens is 2. The maximum absolute atomic E-state index is 12.2. The fraction of sp³-hybridized carbons (Fsp3) is 0.158. The molecule has 0 fully saturated rings. The second-order valence-electron chi connectivity index (χ2n) is 6.10. The quantitative estimate of drug-likeness (QED) is 0.573. The molecule has 2 aromatic carbocycles. The Morgan fingerprint density at radius 2 is 1.79 bits per heavy atom. The predicted molar refractivity (Wildman–Crippen MR) is 107 cm³/mol. The number of nitrogens with one attached hydrogen (secondary N) is 1. The minimum Gasteiger partial charge on any atom is -0.355 e. The van der Waals surface area contributed by atoms with Gasteiger partial charge < -0.3 is 5.32 Å². The van der Waals surface area contributed by atoms with Gasteiger partial charge in [0.1, 0.15) is 0 Å². The van der Waals surface area contributed by atoms with Crippen LogP contribution in [0.25, 0.3) is 16.9 Å². The van der Waals surface area contributed by atoms with E-state index in [2.05, 4.69) is 10.4 Å². The average molecular weight is 420 g/mol. The van der Waals surface area contributed by atoms with Gasteiger partial charge in [0.15, 0.2) is 0 Å².